The normalized spacial score (nSPS) is 10.2. The van der Waals surface area contributed by atoms with Gasteiger partial charge in [-0.2, -0.15) is 0 Å². The van der Waals surface area contributed by atoms with Gasteiger partial charge in [-0.1, -0.05) is 36.4 Å². The first-order chi connectivity index (χ1) is 13.3. The summed E-state index contributed by atoms with van der Waals surface area (Å²) >= 11 is 0. The van der Waals surface area contributed by atoms with Crippen LogP contribution in [-0.2, 0) is 54.1 Å². The summed E-state index contributed by atoms with van der Waals surface area (Å²) in [7, 11) is -4.92. The van der Waals surface area contributed by atoms with Gasteiger partial charge in [0.2, 0.25) is 10.4 Å². The maximum atomic E-state index is 12.0. The van der Waals surface area contributed by atoms with Gasteiger partial charge in [0.1, 0.15) is 0 Å². The molecule has 0 aliphatic carbocycles. The van der Waals surface area contributed by atoms with Crippen molar-refractivity contribution in [1.29, 1.82) is 0 Å². The number of hydrogen-bond acceptors (Lipinski definition) is 7. The Morgan fingerprint density at radius 2 is 1.27 bits per heavy atom. The summed E-state index contributed by atoms with van der Waals surface area (Å²) < 4.78 is 32.8. The van der Waals surface area contributed by atoms with Crippen molar-refractivity contribution < 1.29 is 46.7 Å². The monoisotopic (exact) mass is 468 g/mol. The number of para-hydroxylation sites is 1. The van der Waals surface area contributed by atoms with E-state index in [0.29, 0.717) is 19.6 Å². The molecule has 9 nitrogen and oxygen atoms in total. The van der Waals surface area contributed by atoms with Crippen molar-refractivity contribution in [2.75, 3.05) is 0 Å². The Labute approximate surface area is 187 Å². The van der Waals surface area contributed by atoms with Gasteiger partial charge < -0.3 is 15.1 Å². The zero-order chi connectivity index (χ0) is 20.4. The topological polar surface area (TPSA) is 158 Å². The van der Waals surface area contributed by atoms with Crippen molar-refractivity contribution in [3.05, 3.63) is 90.0 Å². The number of pyridine rings is 2. The molecule has 0 aliphatic heterocycles. The van der Waals surface area contributed by atoms with E-state index in [9.17, 15) is 5.11 Å². The summed E-state index contributed by atoms with van der Waals surface area (Å²) in [5, 5.41) is 12.0. The SMILES string of the molecule is O=S(=O)([O-])O.[O-2].[O-]c1ccccc1CN(Cc1ccccn1)Cc1ccccn1.[V+4]. The quantitative estimate of drug-likeness (QED) is 0.422. The van der Waals surface area contributed by atoms with Crippen molar-refractivity contribution >= 4 is 10.4 Å². The summed E-state index contributed by atoms with van der Waals surface area (Å²) in [4.78, 5) is 10.9. The van der Waals surface area contributed by atoms with Crippen LogP contribution in [0.4, 0.5) is 0 Å². The smallest absolute Gasteiger partial charge is 2.00 e. The van der Waals surface area contributed by atoms with E-state index in [-0.39, 0.29) is 29.8 Å². The molecular weight excluding hydrogens is 449 g/mol. The average Bonchev–Trinajstić information content (AvgIpc) is 2.64. The van der Waals surface area contributed by atoms with E-state index in [0.717, 1.165) is 17.0 Å². The molecule has 1 radical (unpaired) electrons. The first-order valence-corrected chi connectivity index (χ1v) is 9.63. The average molecular weight is 468 g/mol. The fraction of sp³-hybridized carbons (Fsp3) is 0.158. The Kier molecular flexibility index (Phi) is 12.8. The molecule has 0 bridgehead atoms. The van der Waals surface area contributed by atoms with Crippen molar-refractivity contribution in [1.82, 2.24) is 14.9 Å². The van der Waals surface area contributed by atoms with Gasteiger partial charge in [-0.05, 0) is 29.8 Å². The second-order valence-corrected chi connectivity index (χ2v) is 6.68. The zero-order valence-electron chi connectivity index (χ0n) is 15.7. The molecule has 0 unspecified atom stereocenters. The molecule has 30 heavy (non-hydrogen) atoms. The largest absolute Gasteiger partial charge is 4.00 e. The molecule has 0 fully saturated rings. The number of nitrogens with zero attached hydrogens (tertiary/aromatic N) is 3. The minimum atomic E-state index is -4.92. The summed E-state index contributed by atoms with van der Waals surface area (Å²) in [6.45, 7) is 1.92. The van der Waals surface area contributed by atoms with Crippen LogP contribution in [0.25, 0.3) is 0 Å². The summed E-state index contributed by atoms with van der Waals surface area (Å²) in [6.07, 6.45) is 3.58. The van der Waals surface area contributed by atoms with Crippen molar-refractivity contribution in [2.24, 2.45) is 0 Å². The number of hydrogen-bond donors (Lipinski definition) is 1. The molecule has 3 aromatic rings. The molecular formula is C19H19N3O6SV. The third-order valence-electron chi connectivity index (χ3n) is 3.59. The fourth-order valence-electron chi connectivity index (χ4n) is 2.48. The zero-order valence-corrected chi connectivity index (χ0v) is 17.9. The predicted octanol–water partition coefficient (Wildman–Crippen LogP) is 1.64. The van der Waals surface area contributed by atoms with Gasteiger partial charge in [0.25, 0.3) is 0 Å². The summed E-state index contributed by atoms with van der Waals surface area (Å²) in [6, 6.07) is 18.9. The van der Waals surface area contributed by atoms with Gasteiger partial charge in [-0.3, -0.25) is 19.4 Å². The predicted molar refractivity (Wildman–Crippen MR) is 100 cm³/mol. The summed E-state index contributed by atoms with van der Waals surface area (Å²) in [5.41, 5.74) is 2.75. The molecule has 2 aromatic heterocycles. The van der Waals surface area contributed by atoms with Gasteiger partial charge in [-0.25, -0.2) is 8.42 Å². The Bertz CT molecular complexity index is 913. The van der Waals surface area contributed by atoms with E-state index in [1.165, 1.54) is 0 Å². The molecule has 0 amide bonds. The molecule has 0 atom stereocenters. The minimum absolute atomic E-state index is 0. The van der Waals surface area contributed by atoms with Crippen LogP contribution in [0.3, 0.4) is 0 Å². The second kappa shape index (κ2) is 13.8. The van der Waals surface area contributed by atoms with Crippen LogP contribution >= 0.6 is 0 Å². The number of benzene rings is 1. The third-order valence-corrected chi connectivity index (χ3v) is 3.59. The Morgan fingerprint density at radius 3 is 1.67 bits per heavy atom. The van der Waals surface area contributed by atoms with Crippen molar-refractivity contribution in [3.8, 4) is 5.75 Å². The van der Waals surface area contributed by atoms with E-state index in [1.807, 2.05) is 48.5 Å². The van der Waals surface area contributed by atoms with Gasteiger partial charge in [0.15, 0.2) is 0 Å². The standard InChI is InChI=1S/C19H19N3O.H2O4S.O.V/c23-19-10-2-1-7-16(19)13-22(14-17-8-3-5-11-20-17)15-18-9-4-6-12-21-18;1-5(2,3)4;;/h1-12,23H,13-15H2;(H2,1,2,3,4);;/q;;-2;+4/p-2. The van der Waals surface area contributed by atoms with E-state index in [4.69, 9.17) is 17.5 Å². The Morgan fingerprint density at radius 1 is 0.833 bits per heavy atom. The maximum absolute atomic E-state index is 12.0. The maximum Gasteiger partial charge on any atom is 4.00 e. The fourth-order valence-corrected chi connectivity index (χ4v) is 2.48. The van der Waals surface area contributed by atoms with Crippen LogP contribution in [0.2, 0.25) is 0 Å². The van der Waals surface area contributed by atoms with Crippen LogP contribution in [0, 0.1) is 0 Å². The first-order valence-electron chi connectivity index (χ1n) is 8.26. The van der Waals surface area contributed by atoms with Crippen LogP contribution < -0.4 is 5.11 Å². The molecule has 1 N–H and O–H groups in total. The molecule has 0 spiro atoms. The molecule has 0 aliphatic rings. The Balaban J connectivity index is 0.00000108. The Hall–Kier alpha value is -2.31. The molecule has 3 rings (SSSR count). The third kappa shape index (κ3) is 11.6. The molecule has 0 saturated carbocycles. The van der Waals surface area contributed by atoms with E-state index in [2.05, 4.69) is 14.9 Å². The van der Waals surface area contributed by atoms with E-state index >= 15 is 0 Å². The van der Waals surface area contributed by atoms with E-state index < -0.39 is 10.4 Å². The van der Waals surface area contributed by atoms with Crippen molar-refractivity contribution in [3.63, 3.8) is 0 Å². The van der Waals surface area contributed by atoms with Gasteiger partial charge in [-0.15, -0.1) is 5.75 Å². The minimum Gasteiger partial charge on any atom is -2.00 e. The van der Waals surface area contributed by atoms with Gasteiger partial charge in [0.05, 0.1) is 11.4 Å². The van der Waals surface area contributed by atoms with E-state index in [1.54, 1.807) is 24.5 Å². The van der Waals surface area contributed by atoms with Crippen LogP contribution in [-0.4, -0.2) is 32.4 Å². The number of aromatic nitrogens is 2. The molecule has 157 valence electrons. The molecule has 11 heteroatoms. The van der Waals surface area contributed by atoms with Crippen molar-refractivity contribution in [2.45, 2.75) is 19.6 Å². The van der Waals surface area contributed by atoms with Gasteiger partial charge >= 0.3 is 18.6 Å². The van der Waals surface area contributed by atoms with Crippen LogP contribution in [0.1, 0.15) is 17.0 Å². The first kappa shape index (κ1) is 27.7. The van der Waals surface area contributed by atoms with Gasteiger partial charge in [0, 0.05) is 32.0 Å². The second-order valence-electron chi connectivity index (χ2n) is 5.82. The molecule has 0 saturated heterocycles. The number of rotatable bonds is 6. The van der Waals surface area contributed by atoms with Crippen LogP contribution in [0.15, 0.2) is 73.1 Å². The molecule has 2 heterocycles. The summed E-state index contributed by atoms with van der Waals surface area (Å²) in [5.74, 6) is 0.0690. The molecule has 1 aromatic carbocycles. The van der Waals surface area contributed by atoms with Crippen LogP contribution in [0.5, 0.6) is 5.75 Å².